The number of carbonyl (C=O) groups is 2. The smallest absolute Gasteiger partial charge is 0.416 e. The van der Waals surface area contributed by atoms with E-state index in [0.717, 1.165) is 18.2 Å². The van der Waals surface area contributed by atoms with Crippen molar-refractivity contribution >= 4 is 29.3 Å². The van der Waals surface area contributed by atoms with Crippen molar-refractivity contribution in [3.63, 3.8) is 0 Å². The van der Waals surface area contributed by atoms with Gasteiger partial charge in [-0.2, -0.15) is 13.2 Å². The minimum absolute atomic E-state index is 0.0176. The first kappa shape index (κ1) is 19.9. The highest BCUT2D eigenvalue weighted by molar-refractivity contribution is 6.34. The van der Waals surface area contributed by atoms with Crippen molar-refractivity contribution in [3.05, 3.63) is 57.9 Å². The predicted molar refractivity (Wildman–Crippen MR) is 95.2 cm³/mol. The molecule has 0 unspecified atom stereocenters. The number of rotatable bonds is 2. The van der Waals surface area contributed by atoms with Crippen molar-refractivity contribution in [2.75, 3.05) is 19.0 Å². The maximum atomic E-state index is 12.9. The average Bonchev–Trinajstić information content (AvgIpc) is 2.67. The Morgan fingerprint density at radius 2 is 2.04 bits per heavy atom. The Morgan fingerprint density at radius 1 is 1.29 bits per heavy atom. The molecule has 1 aliphatic heterocycles. The molecular formula is C18H15ClF3N3O3. The molecular weight excluding hydrogens is 399 g/mol. The van der Waals surface area contributed by atoms with Crippen LogP contribution in [0.5, 0.6) is 0 Å². The lowest BCUT2D eigenvalue weighted by molar-refractivity contribution is -0.137. The number of pyridine rings is 1. The lowest BCUT2D eigenvalue weighted by Crippen LogP contribution is -2.36. The van der Waals surface area contributed by atoms with Gasteiger partial charge in [-0.1, -0.05) is 11.6 Å². The topological polar surface area (TPSA) is 71.5 Å². The van der Waals surface area contributed by atoms with Gasteiger partial charge in [-0.3, -0.25) is 9.78 Å². The quantitative estimate of drug-likeness (QED) is 0.803. The van der Waals surface area contributed by atoms with E-state index >= 15 is 0 Å². The van der Waals surface area contributed by atoms with Crippen LogP contribution in [0.1, 0.15) is 27.0 Å². The van der Waals surface area contributed by atoms with Crippen LogP contribution in [0.3, 0.4) is 0 Å². The molecule has 6 nitrogen and oxygen atoms in total. The standard InChI is InChI=1S/C18H15ClF3N3O3/c1-28-17(27)25-5-4-12-10(9-25)7-23-8-13(12)16(26)24-15-6-11(18(20,21)22)2-3-14(15)19/h2-3,6-8H,4-5,9H2,1H3,(H,24,26). The highest BCUT2D eigenvalue weighted by Crippen LogP contribution is 2.34. The normalized spacial score (nSPS) is 13.7. The first-order valence-electron chi connectivity index (χ1n) is 8.17. The van der Waals surface area contributed by atoms with Crippen molar-refractivity contribution in [1.82, 2.24) is 9.88 Å². The minimum atomic E-state index is -4.56. The molecule has 148 valence electrons. The second kappa shape index (κ2) is 7.67. The molecule has 0 atom stereocenters. The number of nitrogens with zero attached hydrogens (tertiary/aromatic N) is 2. The molecule has 0 radical (unpaired) electrons. The number of hydrogen-bond acceptors (Lipinski definition) is 4. The van der Waals surface area contributed by atoms with Crippen LogP contribution in [-0.4, -0.2) is 35.5 Å². The van der Waals surface area contributed by atoms with Crippen molar-refractivity contribution < 1.29 is 27.5 Å². The van der Waals surface area contributed by atoms with Crippen LogP contribution in [0.15, 0.2) is 30.6 Å². The number of carbonyl (C=O) groups excluding carboxylic acids is 2. The molecule has 0 aliphatic carbocycles. The molecule has 1 aliphatic rings. The summed E-state index contributed by atoms with van der Waals surface area (Å²) in [5, 5.41) is 2.40. The number of halogens is 4. The van der Waals surface area contributed by atoms with Gasteiger partial charge in [-0.25, -0.2) is 4.79 Å². The van der Waals surface area contributed by atoms with Gasteiger partial charge < -0.3 is 15.0 Å². The van der Waals surface area contributed by atoms with E-state index in [0.29, 0.717) is 24.1 Å². The van der Waals surface area contributed by atoms with Crippen LogP contribution in [0.2, 0.25) is 5.02 Å². The number of fused-ring (bicyclic) bond motifs is 1. The summed E-state index contributed by atoms with van der Waals surface area (Å²) in [5.41, 5.74) is 0.492. The van der Waals surface area contributed by atoms with Gasteiger partial charge in [-0.15, -0.1) is 0 Å². The van der Waals surface area contributed by atoms with Crippen molar-refractivity contribution in [2.45, 2.75) is 19.1 Å². The van der Waals surface area contributed by atoms with E-state index < -0.39 is 23.7 Å². The van der Waals surface area contributed by atoms with Gasteiger partial charge in [-0.05, 0) is 35.7 Å². The molecule has 2 heterocycles. The summed E-state index contributed by atoms with van der Waals surface area (Å²) in [6, 6.07) is 2.69. The highest BCUT2D eigenvalue weighted by atomic mass is 35.5. The number of alkyl halides is 3. The second-order valence-electron chi connectivity index (χ2n) is 6.11. The fourth-order valence-electron chi connectivity index (χ4n) is 2.96. The summed E-state index contributed by atoms with van der Waals surface area (Å²) in [6.07, 6.45) is -1.79. The summed E-state index contributed by atoms with van der Waals surface area (Å²) in [7, 11) is 1.28. The zero-order valence-electron chi connectivity index (χ0n) is 14.6. The van der Waals surface area contributed by atoms with E-state index in [1.807, 2.05) is 0 Å². The van der Waals surface area contributed by atoms with Crippen molar-refractivity contribution in [2.24, 2.45) is 0 Å². The molecule has 0 spiro atoms. The van der Waals surface area contributed by atoms with Crippen LogP contribution in [0.4, 0.5) is 23.7 Å². The largest absolute Gasteiger partial charge is 0.453 e. The van der Waals surface area contributed by atoms with Crippen LogP contribution >= 0.6 is 11.6 Å². The highest BCUT2D eigenvalue weighted by Gasteiger charge is 2.31. The molecule has 0 fully saturated rings. The monoisotopic (exact) mass is 413 g/mol. The third-order valence-corrected chi connectivity index (χ3v) is 4.69. The Labute approximate surface area is 163 Å². The summed E-state index contributed by atoms with van der Waals surface area (Å²) in [5.74, 6) is -0.628. The maximum absolute atomic E-state index is 12.9. The first-order valence-corrected chi connectivity index (χ1v) is 8.55. The molecule has 3 rings (SSSR count). The van der Waals surface area contributed by atoms with Gasteiger partial charge in [0, 0.05) is 18.9 Å². The Hall–Kier alpha value is -2.81. The lowest BCUT2D eigenvalue weighted by atomic mass is 9.97. The number of nitrogens with one attached hydrogen (secondary N) is 1. The van der Waals surface area contributed by atoms with Crippen LogP contribution in [0, 0.1) is 0 Å². The van der Waals surface area contributed by atoms with Crippen molar-refractivity contribution in [3.8, 4) is 0 Å². The zero-order chi connectivity index (χ0) is 20.5. The van der Waals surface area contributed by atoms with E-state index in [2.05, 4.69) is 10.3 Å². The third kappa shape index (κ3) is 4.04. The minimum Gasteiger partial charge on any atom is -0.453 e. The average molecular weight is 414 g/mol. The maximum Gasteiger partial charge on any atom is 0.416 e. The fraction of sp³-hybridized carbons (Fsp3) is 0.278. The zero-order valence-corrected chi connectivity index (χ0v) is 15.4. The Balaban J connectivity index is 1.86. The summed E-state index contributed by atoms with van der Waals surface area (Å²) >= 11 is 5.94. The Bertz CT molecular complexity index is 934. The van der Waals surface area contributed by atoms with E-state index in [1.54, 1.807) is 6.20 Å². The molecule has 1 aromatic carbocycles. The SMILES string of the molecule is COC(=O)N1CCc2c(cncc2C(=O)Nc2cc(C(F)(F)F)ccc2Cl)C1. The predicted octanol–water partition coefficient (Wildman–Crippen LogP) is 4.13. The Kier molecular flexibility index (Phi) is 5.46. The van der Waals surface area contributed by atoms with Gasteiger partial charge >= 0.3 is 12.3 Å². The molecule has 1 aromatic heterocycles. The van der Waals surface area contributed by atoms with E-state index in [1.165, 1.54) is 18.2 Å². The summed E-state index contributed by atoms with van der Waals surface area (Å²) in [4.78, 5) is 29.8. The van der Waals surface area contributed by atoms with E-state index in [9.17, 15) is 22.8 Å². The van der Waals surface area contributed by atoms with Gasteiger partial charge in [0.1, 0.15) is 0 Å². The molecule has 28 heavy (non-hydrogen) atoms. The summed E-state index contributed by atoms with van der Waals surface area (Å²) in [6.45, 7) is 0.564. The van der Waals surface area contributed by atoms with Crippen molar-refractivity contribution in [1.29, 1.82) is 0 Å². The number of ether oxygens (including phenoxy) is 1. The molecule has 2 amide bonds. The number of hydrogen-bond donors (Lipinski definition) is 1. The lowest BCUT2D eigenvalue weighted by Gasteiger charge is -2.28. The second-order valence-corrected chi connectivity index (χ2v) is 6.52. The summed E-state index contributed by atoms with van der Waals surface area (Å²) < 4.78 is 43.4. The van der Waals surface area contributed by atoms with Crippen LogP contribution in [0.25, 0.3) is 0 Å². The van der Waals surface area contributed by atoms with Gasteiger partial charge in [0.05, 0.1) is 35.5 Å². The number of anilines is 1. The van der Waals surface area contributed by atoms with E-state index in [4.69, 9.17) is 16.3 Å². The third-order valence-electron chi connectivity index (χ3n) is 4.36. The van der Waals surface area contributed by atoms with Crippen LogP contribution < -0.4 is 5.32 Å². The number of methoxy groups -OCH3 is 1. The molecule has 1 N–H and O–H groups in total. The molecule has 2 aromatic rings. The molecule has 0 bridgehead atoms. The van der Waals surface area contributed by atoms with Gasteiger partial charge in [0.25, 0.3) is 5.91 Å². The molecule has 0 saturated carbocycles. The van der Waals surface area contributed by atoms with E-state index in [-0.39, 0.29) is 22.8 Å². The van der Waals surface area contributed by atoms with Gasteiger partial charge in [0.2, 0.25) is 0 Å². The number of benzene rings is 1. The number of aromatic nitrogens is 1. The first-order chi connectivity index (χ1) is 13.2. The molecule has 0 saturated heterocycles. The van der Waals surface area contributed by atoms with Gasteiger partial charge in [0.15, 0.2) is 0 Å². The number of amides is 2. The van der Waals surface area contributed by atoms with Crippen LogP contribution in [-0.2, 0) is 23.9 Å². The molecule has 10 heteroatoms. The fourth-order valence-corrected chi connectivity index (χ4v) is 3.13. The Morgan fingerprint density at radius 3 is 2.71 bits per heavy atom.